The third-order valence-electron chi connectivity index (χ3n) is 6.17. The summed E-state index contributed by atoms with van der Waals surface area (Å²) in [5.74, 6) is -3.92. The summed E-state index contributed by atoms with van der Waals surface area (Å²) in [6.45, 7) is 2.45. The van der Waals surface area contributed by atoms with Crippen LogP contribution in [0.15, 0.2) is 45.6 Å². The van der Waals surface area contributed by atoms with Crippen molar-refractivity contribution in [2.24, 2.45) is 13.0 Å². The number of ether oxygens (including phenoxy) is 1. The number of anilines is 1. The number of nitrogens with zero attached hydrogens (tertiary/aromatic N) is 3. The molecule has 2 heterocycles. The second-order valence-electron chi connectivity index (χ2n) is 8.37. The molecule has 0 spiro atoms. The third kappa shape index (κ3) is 4.57. The molecule has 0 aliphatic carbocycles. The lowest BCUT2D eigenvalue weighted by Crippen LogP contribution is -2.59. The minimum atomic E-state index is -4.77. The first-order valence-corrected chi connectivity index (χ1v) is 11.5. The fourth-order valence-corrected chi connectivity index (χ4v) is 4.63. The lowest BCUT2D eigenvalue weighted by Gasteiger charge is -2.40. The number of hydrogen-bond acceptors (Lipinski definition) is 6. The lowest BCUT2D eigenvalue weighted by molar-refractivity contribution is -0.155. The number of benzene rings is 2. The minimum Gasteiger partial charge on any atom is -0.465 e. The minimum absolute atomic E-state index is 0.0350. The van der Waals surface area contributed by atoms with Crippen molar-refractivity contribution in [1.29, 1.82) is 0 Å². The van der Waals surface area contributed by atoms with Crippen molar-refractivity contribution in [2.45, 2.75) is 26.1 Å². The third-order valence-corrected chi connectivity index (χ3v) is 6.59. The van der Waals surface area contributed by atoms with Crippen LogP contribution in [0.25, 0.3) is 11.1 Å². The van der Waals surface area contributed by atoms with Crippen LogP contribution >= 0.6 is 11.6 Å². The highest BCUT2D eigenvalue weighted by Gasteiger charge is 2.47. The summed E-state index contributed by atoms with van der Waals surface area (Å²) in [5, 5.41) is -0.666. The zero-order valence-corrected chi connectivity index (χ0v) is 20.6. The molecule has 3 amide bonds. The molecule has 13 heteroatoms. The van der Waals surface area contributed by atoms with Crippen molar-refractivity contribution < 1.29 is 36.7 Å². The highest BCUT2D eigenvalue weighted by Crippen LogP contribution is 2.40. The number of aryl methyl sites for hydroxylation is 1. The van der Waals surface area contributed by atoms with Crippen LogP contribution in [0.2, 0.25) is 5.02 Å². The first-order valence-electron chi connectivity index (χ1n) is 11.1. The van der Waals surface area contributed by atoms with Gasteiger partial charge < -0.3 is 9.15 Å². The molecule has 0 bridgehead atoms. The molecule has 2 unspecified atom stereocenters. The Bertz CT molecular complexity index is 1460. The largest absolute Gasteiger partial charge is 0.465 e. The summed E-state index contributed by atoms with van der Waals surface area (Å²) < 4.78 is 51.8. The molecule has 2 atom stereocenters. The summed E-state index contributed by atoms with van der Waals surface area (Å²) >= 11 is 6.07. The molecule has 4 rings (SSSR count). The van der Waals surface area contributed by atoms with Crippen LogP contribution in [0.1, 0.15) is 31.0 Å². The highest BCUT2D eigenvalue weighted by atomic mass is 35.5. The number of esters is 1. The Hall–Kier alpha value is -3.80. The quantitative estimate of drug-likeness (QED) is 0.349. The number of alkyl halides is 3. The normalized spacial score (nSPS) is 17.4. The van der Waals surface area contributed by atoms with Gasteiger partial charge in [-0.05, 0) is 37.6 Å². The number of hydrogen-bond donors (Lipinski definition) is 0. The van der Waals surface area contributed by atoms with Gasteiger partial charge in [-0.1, -0.05) is 23.7 Å². The number of aromatic nitrogens is 1. The van der Waals surface area contributed by atoms with E-state index >= 15 is 0 Å². The van der Waals surface area contributed by atoms with E-state index in [1.807, 2.05) is 0 Å². The second kappa shape index (κ2) is 9.58. The maximum Gasteiger partial charge on any atom is 0.419 e. The van der Waals surface area contributed by atoms with Crippen LogP contribution in [0.5, 0.6) is 0 Å². The molecule has 1 aliphatic rings. The molecule has 37 heavy (non-hydrogen) atoms. The Morgan fingerprint density at radius 3 is 2.57 bits per heavy atom. The van der Waals surface area contributed by atoms with E-state index in [9.17, 15) is 32.3 Å². The van der Waals surface area contributed by atoms with Gasteiger partial charge in [-0.3, -0.25) is 24.0 Å². The van der Waals surface area contributed by atoms with Crippen molar-refractivity contribution in [2.75, 3.05) is 18.1 Å². The van der Waals surface area contributed by atoms with Gasteiger partial charge in [-0.2, -0.15) is 13.2 Å². The van der Waals surface area contributed by atoms with Crippen LogP contribution in [-0.4, -0.2) is 40.5 Å². The Morgan fingerprint density at radius 2 is 1.92 bits per heavy atom. The number of imide groups is 1. The summed E-state index contributed by atoms with van der Waals surface area (Å²) in [7, 11) is 1.50. The van der Waals surface area contributed by atoms with E-state index in [2.05, 4.69) is 0 Å². The van der Waals surface area contributed by atoms with E-state index in [4.69, 9.17) is 20.8 Å². The van der Waals surface area contributed by atoms with Crippen molar-refractivity contribution in [1.82, 2.24) is 9.47 Å². The molecular formula is C24H21ClF3N3O6. The van der Waals surface area contributed by atoms with Gasteiger partial charge in [0, 0.05) is 18.8 Å². The van der Waals surface area contributed by atoms with Gasteiger partial charge in [0.25, 0.3) is 0 Å². The van der Waals surface area contributed by atoms with E-state index in [-0.39, 0.29) is 23.4 Å². The number of urea groups is 1. The van der Waals surface area contributed by atoms with E-state index < -0.39 is 58.9 Å². The van der Waals surface area contributed by atoms with Gasteiger partial charge in [0.1, 0.15) is 0 Å². The van der Waals surface area contributed by atoms with Crippen LogP contribution in [0.3, 0.4) is 0 Å². The number of amides is 3. The van der Waals surface area contributed by atoms with Crippen LogP contribution in [-0.2, 0) is 27.5 Å². The monoisotopic (exact) mass is 539 g/mol. The van der Waals surface area contributed by atoms with E-state index in [0.717, 1.165) is 17.0 Å². The smallest absolute Gasteiger partial charge is 0.419 e. The number of oxazole rings is 1. The summed E-state index contributed by atoms with van der Waals surface area (Å²) in [4.78, 5) is 53.3. The zero-order chi connectivity index (χ0) is 27.2. The van der Waals surface area contributed by atoms with Crippen molar-refractivity contribution in [3.8, 4) is 0 Å². The summed E-state index contributed by atoms with van der Waals surface area (Å²) in [5.41, 5.74) is -0.466. The van der Waals surface area contributed by atoms with E-state index in [1.165, 1.54) is 42.8 Å². The topological polar surface area (TPSA) is 102 Å². The number of rotatable bonds is 5. The maximum atomic E-state index is 13.6. The molecule has 1 aromatic heterocycles. The van der Waals surface area contributed by atoms with Crippen LogP contribution < -0.4 is 10.7 Å². The summed E-state index contributed by atoms with van der Waals surface area (Å²) in [6, 6.07) is 5.42. The van der Waals surface area contributed by atoms with Gasteiger partial charge in [0.15, 0.2) is 11.5 Å². The molecule has 1 aliphatic heterocycles. The first kappa shape index (κ1) is 26.3. The molecule has 0 saturated carbocycles. The van der Waals surface area contributed by atoms with Crippen molar-refractivity contribution in [3.63, 3.8) is 0 Å². The molecule has 2 aromatic carbocycles. The van der Waals surface area contributed by atoms with Gasteiger partial charge in [-0.25, -0.2) is 9.59 Å². The SMILES string of the molecule is CCOC(=O)C1CN(c2ccc3c(c2)oc(=O)n3C)C(=O)N(C(C)c2cccc(C(F)(F)F)c2Cl)C1=O. The summed E-state index contributed by atoms with van der Waals surface area (Å²) in [6.07, 6.45) is -4.77. The molecule has 9 nitrogen and oxygen atoms in total. The van der Waals surface area contributed by atoms with Gasteiger partial charge >= 0.3 is 23.9 Å². The Balaban J connectivity index is 1.81. The van der Waals surface area contributed by atoms with Gasteiger partial charge in [0.2, 0.25) is 5.91 Å². The predicted molar refractivity (Wildman–Crippen MR) is 126 cm³/mol. The standard InChI is InChI=1S/C24H21ClF3N3O6/c1-4-36-21(33)15-11-30(13-8-9-17-18(10-13)37-23(35)29(17)3)22(34)31(20(15)32)12(2)14-6-5-7-16(19(14)25)24(26,27)28/h5-10,12,15H,4,11H2,1-3H3. The van der Waals surface area contributed by atoms with Gasteiger partial charge in [-0.15, -0.1) is 0 Å². The maximum absolute atomic E-state index is 13.6. The molecule has 3 aromatic rings. The molecule has 1 fully saturated rings. The van der Waals surface area contributed by atoms with Crippen molar-refractivity contribution in [3.05, 3.63) is 63.1 Å². The van der Waals surface area contributed by atoms with E-state index in [1.54, 1.807) is 6.92 Å². The van der Waals surface area contributed by atoms with Crippen LogP contribution in [0.4, 0.5) is 23.7 Å². The number of fused-ring (bicyclic) bond motifs is 1. The Labute approximate surface area is 212 Å². The molecule has 0 radical (unpaired) electrons. The van der Waals surface area contributed by atoms with E-state index in [0.29, 0.717) is 10.4 Å². The molecule has 196 valence electrons. The molecule has 0 N–H and O–H groups in total. The Kier molecular flexibility index (Phi) is 6.80. The fraction of sp³-hybridized carbons (Fsp3) is 0.333. The number of carbonyl (C=O) groups excluding carboxylic acids is 3. The zero-order valence-electron chi connectivity index (χ0n) is 19.8. The molecular weight excluding hydrogens is 519 g/mol. The highest BCUT2D eigenvalue weighted by molar-refractivity contribution is 6.32. The fourth-order valence-electron chi connectivity index (χ4n) is 4.24. The van der Waals surface area contributed by atoms with Crippen molar-refractivity contribution >= 4 is 46.3 Å². The molecule has 1 saturated heterocycles. The Morgan fingerprint density at radius 1 is 1.22 bits per heavy atom. The average molecular weight is 540 g/mol. The predicted octanol–water partition coefficient (Wildman–Crippen LogP) is 4.51. The average Bonchev–Trinajstić information content (AvgIpc) is 3.11. The second-order valence-corrected chi connectivity index (χ2v) is 8.75. The number of carbonyl (C=O) groups is 3. The number of halogens is 4. The van der Waals surface area contributed by atoms with Crippen LogP contribution in [0, 0.1) is 5.92 Å². The first-order chi connectivity index (χ1) is 17.4. The van der Waals surface area contributed by atoms with Gasteiger partial charge in [0.05, 0.1) is 35.3 Å². The lowest BCUT2D eigenvalue weighted by atomic mass is 9.98.